The summed E-state index contributed by atoms with van der Waals surface area (Å²) in [7, 11) is -1.31. The molecule has 13 heteroatoms. The third kappa shape index (κ3) is 8.49. The average Bonchev–Trinajstić information content (AvgIpc) is 3.42. The number of nitrogens with one attached hydrogen (secondary N) is 2. The van der Waals surface area contributed by atoms with Gasteiger partial charge in [-0.05, 0) is 55.9 Å². The SMILES string of the molecule is CCOc1cc2ncc(C#N)c(Nc3ccc4c(cnn4Cc4cccc(F)c4)c3)c2cc1NC(=O)/C=C/CN(C)CCS(C)(=O)=O. The molecular formula is C34H34FN7O4S. The number of nitrogens with zero attached hydrogens (tertiary/aromatic N) is 5. The second-order valence-corrected chi connectivity index (χ2v) is 13.3. The monoisotopic (exact) mass is 655 g/mol. The summed E-state index contributed by atoms with van der Waals surface area (Å²) in [4.78, 5) is 19.1. The van der Waals surface area contributed by atoms with Gasteiger partial charge >= 0.3 is 0 Å². The third-order valence-corrected chi connectivity index (χ3v) is 8.23. The van der Waals surface area contributed by atoms with Gasteiger partial charge < -0.3 is 20.3 Å². The molecule has 0 unspecified atom stereocenters. The Balaban J connectivity index is 1.40. The molecule has 242 valence electrons. The lowest BCUT2D eigenvalue weighted by atomic mass is 10.1. The Bertz CT molecular complexity index is 2120. The third-order valence-electron chi connectivity index (χ3n) is 7.31. The van der Waals surface area contributed by atoms with Gasteiger partial charge in [0.15, 0.2) is 0 Å². The van der Waals surface area contributed by atoms with E-state index < -0.39 is 15.7 Å². The van der Waals surface area contributed by atoms with Crippen molar-refractivity contribution in [3.63, 3.8) is 0 Å². The van der Waals surface area contributed by atoms with Crippen LogP contribution in [0, 0.1) is 17.1 Å². The first-order chi connectivity index (χ1) is 22.5. The molecule has 0 aliphatic heterocycles. The molecular weight excluding hydrogens is 621 g/mol. The van der Waals surface area contributed by atoms with Crippen LogP contribution in [0.4, 0.5) is 21.5 Å². The van der Waals surface area contributed by atoms with Crippen LogP contribution >= 0.6 is 0 Å². The van der Waals surface area contributed by atoms with Gasteiger partial charge in [0.25, 0.3) is 0 Å². The molecule has 0 aliphatic rings. The molecule has 0 atom stereocenters. The number of halogens is 1. The second kappa shape index (κ2) is 14.4. The van der Waals surface area contributed by atoms with Gasteiger partial charge in [-0.3, -0.25) is 14.5 Å². The van der Waals surface area contributed by atoms with Gasteiger partial charge in [-0.2, -0.15) is 10.4 Å². The van der Waals surface area contributed by atoms with E-state index in [0.717, 1.165) is 16.5 Å². The number of sulfone groups is 1. The van der Waals surface area contributed by atoms with Crippen molar-refractivity contribution in [3.05, 3.63) is 96.1 Å². The first-order valence-electron chi connectivity index (χ1n) is 14.8. The summed E-state index contributed by atoms with van der Waals surface area (Å²) in [5.41, 5.74) is 4.12. The number of anilines is 3. The number of benzene rings is 3. The van der Waals surface area contributed by atoms with Crippen LogP contribution in [-0.4, -0.2) is 72.7 Å². The number of carbonyl (C=O) groups is 1. The highest BCUT2D eigenvalue weighted by Gasteiger charge is 2.16. The molecule has 2 N–H and O–H groups in total. The average molecular weight is 656 g/mol. The Hall–Kier alpha value is -5.32. The van der Waals surface area contributed by atoms with E-state index in [1.165, 1.54) is 30.7 Å². The molecule has 0 spiro atoms. The number of hydrogen-bond acceptors (Lipinski definition) is 9. The van der Waals surface area contributed by atoms with Crippen LogP contribution in [0.25, 0.3) is 21.8 Å². The summed E-state index contributed by atoms with van der Waals surface area (Å²) in [5.74, 6) is -0.256. The zero-order valence-corrected chi connectivity index (χ0v) is 27.0. The van der Waals surface area contributed by atoms with Crippen molar-refractivity contribution in [1.29, 1.82) is 5.26 Å². The van der Waals surface area contributed by atoms with E-state index >= 15 is 0 Å². The van der Waals surface area contributed by atoms with Crippen LogP contribution in [-0.2, 0) is 21.2 Å². The molecule has 0 saturated heterocycles. The molecule has 11 nitrogen and oxygen atoms in total. The number of amides is 1. The second-order valence-electron chi connectivity index (χ2n) is 11.1. The molecule has 5 aromatic rings. The van der Waals surface area contributed by atoms with Crippen LogP contribution < -0.4 is 15.4 Å². The maximum Gasteiger partial charge on any atom is 0.248 e. The van der Waals surface area contributed by atoms with Crippen molar-refractivity contribution in [2.24, 2.45) is 0 Å². The van der Waals surface area contributed by atoms with E-state index in [-0.39, 0.29) is 11.6 Å². The van der Waals surface area contributed by atoms with Crippen LogP contribution in [0.2, 0.25) is 0 Å². The minimum absolute atomic E-state index is 0.0293. The number of carbonyl (C=O) groups excluding carboxylic acids is 1. The van der Waals surface area contributed by atoms with Gasteiger partial charge in [0, 0.05) is 54.1 Å². The van der Waals surface area contributed by atoms with Crippen LogP contribution in [0.15, 0.2) is 79.1 Å². The van der Waals surface area contributed by atoms with Crippen molar-refractivity contribution >= 4 is 54.6 Å². The number of nitriles is 1. The number of hydrogen-bond donors (Lipinski definition) is 2. The number of rotatable bonds is 13. The summed E-state index contributed by atoms with van der Waals surface area (Å²) < 4.78 is 44.2. The topological polar surface area (TPSA) is 142 Å². The Morgan fingerprint density at radius 2 is 2.00 bits per heavy atom. The Morgan fingerprint density at radius 3 is 2.74 bits per heavy atom. The smallest absolute Gasteiger partial charge is 0.248 e. The fraction of sp³-hybridized carbons (Fsp3) is 0.235. The van der Waals surface area contributed by atoms with Crippen molar-refractivity contribution in [2.75, 3.05) is 49.4 Å². The lowest BCUT2D eigenvalue weighted by Gasteiger charge is -2.16. The van der Waals surface area contributed by atoms with Crippen LogP contribution in [0.1, 0.15) is 18.1 Å². The largest absolute Gasteiger partial charge is 0.492 e. The van der Waals surface area contributed by atoms with E-state index in [2.05, 4.69) is 26.8 Å². The van der Waals surface area contributed by atoms with Crippen molar-refractivity contribution in [1.82, 2.24) is 19.7 Å². The zero-order valence-electron chi connectivity index (χ0n) is 26.2. The van der Waals surface area contributed by atoms with Crippen LogP contribution in [0.5, 0.6) is 5.75 Å². The summed E-state index contributed by atoms with van der Waals surface area (Å²) in [6.07, 6.45) is 7.43. The standard InChI is InChI=1S/C34H34FN7O4S/c1-4-46-32-18-29-28(17-30(32)40-33(43)9-6-12-41(2)13-14-47(3,44)45)34(25(19-36)20-37-29)39-27-10-11-31-24(16-27)21-38-42(31)22-23-7-5-8-26(35)15-23/h5-11,15-18,20-21H,4,12-14,22H2,1-3H3,(H,37,39)(H,40,43)/b9-6+. The van der Waals surface area contributed by atoms with Gasteiger partial charge in [0.1, 0.15) is 27.5 Å². The molecule has 0 radical (unpaired) electrons. The van der Waals surface area contributed by atoms with E-state index in [4.69, 9.17) is 4.74 Å². The number of pyridine rings is 1. The van der Waals surface area contributed by atoms with E-state index in [0.29, 0.717) is 65.5 Å². The lowest BCUT2D eigenvalue weighted by molar-refractivity contribution is -0.111. The summed E-state index contributed by atoms with van der Waals surface area (Å²) in [5, 5.41) is 22.1. The van der Waals surface area contributed by atoms with Crippen molar-refractivity contribution in [2.45, 2.75) is 13.5 Å². The van der Waals surface area contributed by atoms with E-state index in [1.807, 2.05) is 31.2 Å². The van der Waals surface area contributed by atoms with Gasteiger partial charge in [-0.25, -0.2) is 12.8 Å². The van der Waals surface area contributed by atoms with Gasteiger partial charge in [-0.1, -0.05) is 18.2 Å². The number of likely N-dealkylation sites (N-methyl/N-ethyl adjacent to an activating group) is 1. The quantitative estimate of drug-likeness (QED) is 0.163. The fourth-order valence-electron chi connectivity index (χ4n) is 4.98. The molecule has 2 aromatic heterocycles. The zero-order chi connectivity index (χ0) is 33.6. The Labute approximate surface area is 272 Å². The summed E-state index contributed by atoms with van der Waals surface area (Å²) in [6, 6.07) is 17.7. The highest BCUT2D eigenvalue weighted by molar-refractivity contribution is 7.90. The Morgan fingerprint density at radius 1 is 1.17 bits per heavy atom. The predicted molar refractivity (Wildman–Crippen MR) is 181 cm³/mol. The Kier molecular flexibility index (Phi) is 10.1. The maximum atomic E-state index is 13.7. The molecule has 0 aliphatic carbocycles. The maximum absolute atomic E-state index is 13.7. The lowest BCUT2D eigenvalue weighted by Crippen LogP contribution is -2.25. The molecule has 0 fully saturated rings. The highest BCUT2D eigenvalue weighted by atomic mass is 32.2. The van der Waals surface area contributed by atoms with Gasteiger partial charge in [-0.15, -0.1) is 0 Å². The minimum Gasteiger partial charge on any atom is -0.492 e. The molecule has 5 rings (SSSR count). The molecule has 47 heavy (non-hydrogen) atoms. The van der Waals surface area contributed by atoms with Crippen LogP contribution in [0.3, 0.4) is 0 Å². The molecule has 0 bridgehead atoms. The molecule has 1 amide bonds. The number of aromatic nitrogens is 3. The highest BCUT2D eigenvalue weighted by Crippen LogP contribution is 2.36. The van der Waals surface area contributed by atoms with Crippen molar-refractivity contribution in [3.8, 4) is 11.8 Å². The van der Waals surface area contributed by atoms with Gasteiger partial charge in [0.2, 0.25) is 5.91 Å². The minimum atomic E-state index is -3.08. The molecule has 2 heterocycles. The fourth-order valence-corrected chi connectivity index (χ4v) is 5.63. The van der Waals surface area contributed by atoms with E-state index in [1.54, 1.807) is 47.1 Å². The van der Waals surface area contributed by atoms with Crippen molar-refractivity contribution < 1.29 is 22.3 Å². The molecule has 3 aromatic carbocycles. The normalized spacial score (nSPS) is 11.7. The van der Waals surface area contributed by atoms with E-state index in [9.17, 15) is 22.9 Å². The summed E-state index contributed by atoms with van der Waals surface area (Å²) >= 11 is 0. The first-order valence-corrected chi connectivity index (χ1v) is 16.9. The number of fused-ring (bicyclic) bond motifs is 2. The number of ether oxygens (including phenoxy) is 1. The first kappa shape index (κ1) is 33.1. The predicted octanol–water partition coefficient (Wildman–Crippen LogP) is 5.26. The van der Waals surface area contributed by atoms with Gasteiger partial charge in [0.05, 0.1) is 53.1 Å². The summed E-state index contributed by atoms with van der Waals surface area (Å²) in [6.45, 7) is 3.32. The molecule has 0 saturated carbocycles.